The third kappa shape index (κ3) is 5.00. The lowest BCUT2D eigenvalue weighted by Crippen LogP contribution is -2.48. The van der Waals surface area contributed by atoms with E-state index in [-0.39, 0.29) is 24.0 Å². The van der Waals surface area contributed by atoms with Gasteiger partial charge in [0, 0.05) is 25.7 Å². The number of nitrogens with one attached hydrogen (secondary N) is 1. The van der Waals surface area contributed by atoms with E-state index in [1.54, 1.807) is 11.8 Å². The molecule has 1 aliphatic rings. The molecule has 3 N–H and O–H groups in total. The SMILES string of the molecule is CCCC(CN)C(=O)NC1CCN(C(=O)OCC)CC1. The molecular formula is C14H27N3O3. The minimum Gasteiger partial charge on any atom is -0.450 e. The average Bonchev–Trinajstić information content (AvgIpc) is 2.45. The zero-order valence-corrected chi connectivity index (χ0v) is 12.6. The number of nitrogens with two attached hydrogens (primary N) is 1. The molecule has 0 bridgehead atoms. The van der Waals surface area contributed by atoms with Gasteiger partial charge < -0.3 is 20.7 Å². The highest BCUT2D eigenvalue weighted by atomic mass is 16.6. The van der Waals surface area contributed by atoms with Crippen LogP contribution >= 0.6 is 0 Å². The highest BCUT2D eigenvalue weighted by Gasteiger charge is 2.26. The Kier molecular flexibility index (Phi) is 7.36. The van der Waals surface area contributed by atoms with Gasteiger partial charge in [-0.3, -0.25) is 4.79 Å². The smallest absolute Gasteiger partial charge is 0.409 e. The molecular weight excluding hydrogens is 258 g/mol. The normalized spacial score (nSPS) is 17.6. The summed E-state index contributed by atoms with van der Waals surface area (Å²) in [6.07, 6.45) is 3.06. The van der Waals surface area contributed by atoms with Gasteiger partial charge in [0.25, 0.3) is 0 Å². The molecule has 0 spiro atoms. The minimum absolute atomic E-state index is 0.0453. The Labute approximate surface area is 121 Å². The molecule has 1 atom stereocenters. The Balaban J connectivity index is 2.34. The maximum absolute atomic E-state index is 12.1. The van der Waals surface area contributed by atoms with E-state index in [2.05, 4.69) is 5.32 Å². The van der Waals surface area contributed by atoms with Crippen LogP contribution in [0.5, 0.6) is 0 Å². The van der Waals surface area contributed by atoms with Gasteiger partial charge in [0.05, 0.1) is 12.5 Å². The van der Waals surface area contributed by atoms with E-state index < -0.39 is 0 Å². The summed E-state index contributed by atoms with van der Waals surface area (Å²) in [7, 11) is 0. The first-order valence-corrected chi connectivity index (χ1v) is 7.54. The van der Waals surface area contributed by atoms with Crippen molar-refractivity contribution in [3.8, 4) is 0 Å². The lowest BCUT2D eigenvalue weighted by molar-refractivity contribution is -0.125. The molecule has 1 unspecified atom stereocenters. The molecule has 0 aromatic carbocycles. The second kappa shape index (κ2) is 8.79. The molecule has 0 aromatic rings. The summed E-state index contributed by atoms with van der Waals surface area (Å²) in [6, 6.07) is 0.138. The molecule has 2 amide bonds. The summed E-state index contributed by atoms with van der Waals surface area (Å²) in [5.74, 6) is -0.0491. The first-order valence-electron chi connectivity index (χ1n) is 7.54. The molecule has 0 aliphatic carbocycles. The number of piperidine rings is 1. The second-order valence-corrected chi connectivity index (χ2v) is 5.19. The van der Waals surface area contributed by atoms with Crippen molar-refractivity contribution < 1.29 is 14.3 Å². The highest BCUT2D eigenvalue weighted by molar-refractivity contribution is 5.79. The summed E-state index contributed by atoms with van der Waals surface area (Å²) >= 11 is 0. The quantitative estimate of drug-likeness (QED) is 0.765. The predicted molar refractivity (Wildman–Crippen MR) is 77.2 cm³/mol. The number of likely N-dealkylation sites (tertiary alicyclic amines) is 1. The van der Waals surface area contributed by atoms with Gasteiger partial charge in [-0.2, -0.15) is 0 Å². The van der Waals surface area contributed by atoms with Gasteiger partial charge in [-0.25, -0.2) is 4.79 Å². The summed E-state index contributed by atoms with van der Waals surface area (Å²) < 4.78 is 4.97. The third-order valence-corrected chi connectivity index (χ3v) is 3.66. The number of carbonyl (C=O) groups is 2. The Bertz CT molecular complexity index is 315. The van der Waals surface area contributed by atoms with Crippen LogP contribution < -0.4 is 11.1 Å². The first-order chi connectivity index (χ1) is 9.62. The number of ether oxygens (including phenoxy) is 1. The van der Waals surface area contributed by atoms with Crippen molar-refractivity contribution >= 4 is 12.0 Å². The van der Waals surface area contributed by atoms with Crippen molar-refractivity contribution in [1.29, 1.82) is 0 Å². The van der Waals surface area contributed by atoms with Gasteiger partial charge in [-0.1, -0.05) is 13.3 Å². The Morgan fingerprint density at radius 2 is 2.00 bits per heavy atom. The van der Waals surface area contributed by atoms with Crippen LogP contribution in [0.4, 0.5) is 4.79 Å². The second-order valence-electron chi connectivity index (χ2n) is 5.19. The van der Waals surface area contributed by atoms with E-state index in [4.69, 9.17) is 10.5 Å². The van der Waals surface area contributed by atoms with E-state index >= 15 is 0 Å². The van der Waals surface area contributed by atoms with Crippen molar-refractivity contribution in [3.05, 3.63) is 0 Å². The Morgan fingerprint density at radius 1 is 1.35 bits per heavy atom. The van der Waals surface area contributed by atoms with Gasteiger partial charge in [-0.15, -0.1) is 0 Å². The zero-order valence-electron chi connectivity index (χ0n) is 12.6. The van der Waals surface area contributed by atoms with Crippen LogP contribution in [0.15, 0.2) is 0 Å². The maximum Gasteiger partial charge on any atom is 0.409 e. The summed E-state index contributed by atoms with van der Waals surface area (Å²) in [6.45, 7) is 5.89. The van der Waals surface area contributed by atoms with Crippen LogP contribution in [0.3, 0.4) is 0 Å². The standard InChI is InChI=1S/C14H27N3O3/c1-3-5-11(10-15)13(18)16-12-6-8-17(9-7-12)14(19)20-4-2/h11-12H,3-10,15H2,1-2H3,(H,16,18). The van der Waals surface area contributed by atoms with E-state index in [1.807, 2.05) is 6.92 Å². The molecule has 0 radical (unpaired) electrons. The predicted octanol–water partition coefficient (Wildman–Crippen LogP) is 1.10. The fourth-order valence-corrected chi connectivity index (χ4v) is 2.44. The van der Waals surface area contributed by atoms with E-state index in [1.165, 1.54) is 0 Å². The molecule has 1 saturated heterocycles. The number of rotatable bonds is 6. The van der Waals surface area contributed by atoms with E-state index in [9.17, 15) is 9.59 Å². The van der Waals surface area contributed by atoms with Gasteiger partial charge in [0.15, 0.2) is 0 Å². The van der Waals surface area contributed by atoms with E-state index in [0.29, 0.717) is 26.2 Å². The van der Waals surface area contributed by atoms with E-state index in [0.717, 1.165) is 25.7 Å². The van der Waals surface area contributed by atoms with Gasteiger partial charge in [0.2, 0.25) is 5.91 Å². The van der Waals surface area contributed by atoms with Crippen molar-refractivity contribution in [2.45, 2.75) is 45.6 Å². The van der Waals surface area contributed by atoms with Crippen LogP contribution in [-0.4, -0.2) is 49.2 Å². The van der Waals surface area contributed by atoms with Crippen LogP contribution in [0, 0.1) is 5.92 Å². The third-order valence-electron chi connectivity index (χ3n) is 3.66. The number of hydrogen-bond donors (Lipinski definition) is 2. The molecule has 1 aliphatic heterocycles. The van der Waals surface area contributed by atoms with Gasteiger partial charge in [0.1, 0.15) is 0 Å². The minimum atomic E-state index is -0.261. The van der Waals surface area contributed by atoms with Crippen LogP contribution in [0.25, 0.3) is 0 Å². The number of hydrogen-bond acceptors (Lipinski definition) is 4. The van der Waals surface area contributed by atoms with Crippen molar-refractivity contribution in [2.75, 3.05) is 26.2 Å². The van der Waals surface area contributed by atoms with Crippen molar-refractivity contribution in [1.82, 2.24) is 10.2 Å². The molecule has 0 aromatic heterocycles. The molecule has 6 heteroatoms. The van der Waals surface area contributed by atoms with Gasteiger partial charge >= 0.3 is 6.09 Å². The van der Waals surface area contributed by atoms with Crippen LogP contribution in [0.1, 0.15) is 39.5 Å². The molecule has 116 valence electrons. The summed E-state index contributed by atoms with van der Waals surface area (Å²) in [5.41, 5.74) is 5.63. The average molecular weight is 285 g/mol. The lowest BCUT2D eigenvalue weighted by atomic mass is 10.0. The lowest BCUT2D eigenvalue weighted by Gasteiger charge is -2.32. The number of carbonyl (C=O) groups excluding carboxylic acids is 2. The molecule has 1 fully saturated rings. The molecule has 1 heterocycles. The Morgan fingerprint density at radius 3 is 2.50 bits per heavy atom. The fraction of sp³-hybridized carbons (Fsp3) is 0.857. The Hall–Kier alpha value is -1.30. The summed E-state index contributed by atoms with van der Waals surface area (Å²) in [4.78, 5) is 25.3. The monoisotopic (exact) mass is 285 g/mol. The largest absolute Gasteiger partial charge is 0.450 e. The number of amides is 2. The van der Waals surface area contributed by atoms with Gasteiger partial charge in [-0.05, 0) is 26.2 Å². The maximum atomic E-state index is 12.1. The molecule has 0 saturated carbocycles. The van der Waals surface area contributed by atoms with Crippen molar-refractivity contribution in [3.63, 3.8) is 0 Å². The van der Waals surface area contributed by atoms with Crippen LogP contribution in [0.2, 0.25) is 0 Å². The highest BCUT2D eigenvalue weighted by Crippen LogP contribution is 2.13. The van der Waals surface area contributed by atoms with Crippen LogP contribution in [-0.2, 0) is 9.53 Å². The molecule has 1 rings (SSSR count). The summed E-state index contributed by atoms with van der Waals surface area (Å²) in [5, 5.41) is 3.05. The fourth-order valence-electron chi connectivity index (χ4n) is 2.44. The topological polar surface area (TPSA) is 84.7 Å². The first kappa shape index (κ1) is 16.8. The van der Waals surface area contributed by atoms with Crippen molar-refractivity contribution in [2.24, 2.45) is 11.7 Å². The molecule has 6 nitrogen and oxygen atoms in total. The molecule has 20 heavy (non-hydrogen) atoms. The number of nitrogens with zero attached hydrogens (tertiary/aromatic N) is 1. The zero-order chi connectivity index (χ0) is 15.0.